The normalized spacial score (nSPS) is 9.92. The molecule has 13 heavy (non-hydrogen) atoms. The van der Waals surface area contributed by atoms with Gasteiger partial charge < -0.3 is 14.6 Å². The molecule has 6 heteroatoms. The Morgan fingerprint density at radius 1 is 1.69 bits per heavy atom. The summed E-state index contributed by atoms with van der Waals surface area (Å²) in [4.78, 5) is 13.9. The van der Waals surface area contributed by atoms with Crippen molar-refractivity contribution in [3.63, 3.8) is 0 Å². The molecule has 1 aromatic rings. The molecule has 6 nitrogen and oxygen atoms in total. The average molecular weight is 185 g/mol. The van der Waals surface area contributed by atoms with Crippen molar-refractivity contribution in [1.29, 1.82) is 0 Å². The quantitative estimate of drug-likeness (QED) is 0.477. The molecule has 72 valence electrons. The van der Waals surface area contributed by atoms with Gasteiger partial charge in [0.2, 0.25) is 6.41 Å². The first-order chi connectivity index (χ1) is 6.36. The molecule has 0 aliphatic heterocycles. The van der Waals surface area contributed by atoms with Gasteiger partial charge >= 0.3 is 0 Å². The maximum absolute atomic E-state index is 9.91. The van der Waals surface area contributed by atoms with Crippen molar-refractivity contribution in [2.45, 2.75) is 13.0 Å². The van der Waals surface area contributed by atoms with E-state index in [9.17, 15) is 4.79 Å². The van der Waals surface area contributed by atoms with Gasteiger partial charge in [0.1, 0.15) is 6.61 Å². The van der Waals surface area contributed by atoms with E-state index in [4.69, 9.17) is 9.26 Å². The highest BCUT2D eigenvalue weighted by molar-refractivity contribution is 5.45. The van der Waals surface area contributed by atoms with Crippen molar-refractivity contribution in [3.8, 4) is 0 Å². The molecular formula is C7H11N3O3. The van der Waals surface area contributed by atoms with Gasteiger partial charge in [-0.25, -0.2) is 0 Å². The SMILES string of the molecule is COCc1nc(CCNC=O)no1. The molecule has 0 aliphatic rings. The van der Waals surface area contributed by atoms with Crippen molar-refractivity contribution < 1.29 is 14.1 Å². The molecular weight excluding hydrogens is 174 g/mol. The summed E-state index contributed by atoms with van der Waals surface area (Å²) in [5.41, 5.74) is 0. The van der Waals surface area contributed by atoms with Crippen molar-refractivity contribution in [2.24, 2.45) is 0 Å². The lowest BCUT2D eigenvalue weighted by atomic mass is 10.4. The van der Waals surface area contributed by atoms with Crippen LogP contribution in [0.5, 0.6) is 0 Å². The fraction of sp³-hybridized carbons (Fsp3) is 0.571. The van der Waals surface area contributed by atoms with Crippen molar-refractivity contribution in [2.75, 3.05) is 13.7 Å². The van der Waals surface area contributed by atoms with Crippen LogP contribution in [0, 0.1) is 0 Å². The lowest BCUT2D eigenvalue weighted by molar-refractivity contribution is -0.109. The van der Waals surface area contributed by atoms with E-state index in [2.05, 4.69) is 15.5 Å². The van der Waals surface area contributed by atoms with Crippen LogP contribution in [0.3, 0.4) is 0 Å². The standard InChI is InChI=1S/C7H11N3O3/c1-12-4-7-9-6(10-13-7)2-3-8-5-11/h5H,2-4H2,1H3,(H,8,11). The van der Waals surface area contributed by atoms with E-state index in [-0.39, 0.29) is 0 Å². The number of amides is 1. The molecule has 0 saturated carbocycles. The fourth-order valence-electron chi connectivity index (χ4n) is 0.817. The molecule has 0 atom stereocenters. The van der Waals surface area contributed by atoms with Crippen LogP contribution in [0.4, 0.5) is 0 Å². The second kappa shape index (κ2) is 5.26. The zero-order valence-electron chi connectivity index (χ0n) is 7.32. The summed E-state index contributed by atoms with van der Waals surface area (Å²) in [7, 11) is 1.55. The number of carbonyl (C=O) groups excluding carboxylic acids is 1. The van der Waals surface area contributed by atoms with Gasteiger partial charge in [0.25, 0.3) is 5.89 Å². The summed E-state index contributed by atoms with van der Waals surface area (Å²) in [6.45, 7) is 0.823. The van der Waals surface area contributed by atoms with E-state index >= 15 is 0 Å². The molecule has 1 heterocycles. The van der Waals surface area contributed by atoms with Gasteiger partial charge in [-0.15, -0.1) is 0 Å². The summed E-state index contributed by atoms with van der Waals surface area (Å²) < 4.78 is 9.63. The van der Waals surface area contributed by atoms with Gasteiger partial charge in [0, 0.05) is 20.1 Å². The Labute approximate surface area is 75.3 Å². The van der Waals surface area contributed by atoms with Crippen molar-refractivity contribution >= 4 is 6.41 Å². The van der Waals surface area contributed by atoms with Gasteiger partial charge in [0.15, 0.2) is 5.82 Å². The fourth-order valence-corrected chi connectivity index (χ4v) is 0.817. The Hall–Kier alpha value is -1.43. The molecule has 0 fully saturated rings. The predicted octanol–water partition coefficient (Wildman–Crippen LogP) is -0.496. The Balaban J connectivity index is 2.35. The third-order valence-electron chi connectivity index (χ3n) is 1.35. The maximum atomic E-state index is 9.91. The van der Waals surface area contributed by atoms with Crippen LogP contribution in [-0.2, 0) is 22.6 Å². The maximum Gasteiger partial charge on any atom is 0.252 e. The van der Waals surface area contributed by atoms with Crippen LogP contribution in [0.25, 0.3) is 0 Å². The van der Waals surface area contributed by atoms with Crippen LogP contribution in [-0.4, -0.2) is 30.2 Å². The van der Waals surface area contributed by atoms with E-state index in [0.717, 1.165) is 0 Å². The molecule has 1 N–H and O–H groups in total. The van der Waals surface area contributed by atoms with E-state index in [1.807, 2.05) is 0 Å². The lowest BCUT2D eigenvalue weighted by Gasteiger charge is -1.91. The highest BCUT2D eigenvalue weighted by Gasteiger charge is 2.04. The van der Waals surface area contributed by atoms with E-state index in [1.165, 1.54) is 0 Å². The summed E-state index contributed by atoms with van der Waals surface area (Å²) in [5.74, 6) is 1.02. The minimum Gasteiger partial charge on any atom is -0.375 e. The van der Waals surface area contributed by atoms with E-state index < -0.39 is 0 Å². The minimum atomic E-state index is 0.314. The van der Waals surface area contributed by atoms with Crippen LogP contribution in [0.1, 0.15) is 11.7 Å². The highest BCUT2D eigenvalue weighted by Crippen LogP contribution is 1.98. The highest BCUT2D eigenvalue weighted by atomic mass is 16.5. The lowest BCUT2D eigenvalue weighted by Crippen LogP contribution is -2.14. The molecule has 0 aliphatic carbocycles. The number of nitrogens with zero attached hydrogens (tertiary/aromatic N) is 2. The van der Waals surface area contributed by atoms with Gasteiger partial charge in [-0.2, -0.15) is 4.98 Å². The molecule has 0 unspecified atom stereocenters. The first-order valence-corrected chi connectivity index (χ1v) is 3.84. The van der Waals surface area contributed by atoms with Gasteiger partial charge in [-0.1, -0.05) is 5.16 Å². The molecule has 1 amide bonds. The Morgan fingerprint density at radius 2 is 2.54 bits per heavy atom. The van der Waals surface area contributed by atoms with E-state index in [0.29, 0.717) is 37.7 Å². The number of carbonyl (C=O) groups is 1. The molecule has 1 aromatic heterocycles. The number of nitrogens with one attached hydrogen (secondary N) is 1. The third-order valence-corrected chi connectivity index (χ3v) is 1.35. The Morgan fingerprint density at radius 3 is 3.23 bits per heavy atom. The van der Waals surface area contributed by atoms with Gasteiger partial charge in [-0.05, 0) is 0 Å². The Kier molecular flexibility index (Phi) is 3.90. The molecule has 0 spiro atoms. The van der Waals surface area contributed by atoms with E-state index in [1.54, 1.807) is 7.11 Å². The largest absolute Gasteiger partial charge is 0.375 e. The Bertz CT molecular complexity index is 261. The predicted molar refractivity (Wildman–Crippen MR) is 42.8 cm³/mol. The molecule has 0 bridgehead atoms. The van der Waals surface area contributed by atoms with Gasteiger partial charge in [0.05, 0.1) is 0 Å². The van der Waals surface area contributed by atoms with Crippen LogP contribution >= 0.6 is 0 Å². The zero-order valence-corrected chi connectivity index (χ0v) is 7.32. The molecule has 1 rings (SSSR count). The molecule has 0 radical (unpaired) electrons. The topological polar surface area (TPSA) is 77.2 Å². The second-order valence-electron chi connectivity index (χ2n) is 2.36. The summed E-state index contributed by atoms with van der Waals surface area (Å²) in [6.07, 6.45) is 1.20. The number of ether oxygens (including phenoxy) is 1. The summed E-state index contributed by atoms with van der Waals surface area (Å²) in [5, 5.41) is 6.19. The smallest absolute Gasteiger partial charge is 0.252 e. The molecule has 0 aromatic carbocycles. The van der Waals surface area contributed by atoms with Crippen LogP contribution in [0.15, 0.2) is 4.52 Å². The second-order valence-corrected chi connectivity index (χ2v) is 2.36. The third kappa shape index (κ3) is 3.20. The first kappa shape index (κ1) is 9.66. The van der Waals surface area contributed by atoms with Crippen LogP contribution < -0.4 is 5.32 Å². The van der Waals surface area contributed by atoms with Crippen molar-refractivity contribution in [1.82, 2.24) is 15.5 Å². The summed E-state index contributed by atoms with van der Waals surface area (Å²) >= 11 is 0. The first-order valence-electron chi connectivity index (χ1n) is 3.84. The molecule has 0 saturated heterocycles. The average Bonchev–Trinajstić information content (AvgIpc) is 2.54. The zero-order chi connectivity index (χ0) is 9.52. The van der Waals surface area contributed by atoms with Crippen molar-refractivity contribution in [3.05, 3.63) is 11.7 Å². The minimum absolute atomic E-state index is 0.314. The number of methoxy groups -OCH3 is 1. The number of hydrogen-bond acceptors (Lipinski definition) is 5. The summed E-state index contributed by atoms with van der Waals surface area (Å²) in [6, 6.07) is 0. The number of aromatic nitrogens is 2. The van der Waals surface area contributed by atoms with Gasteiger partial charge in [-0.3, -0.25) is 4.79 Å². The van der Waals surface area contributed by atoms with Crippen LogP contribution in [0.2, 0.25) is 0 Å². The number of hydrogen-bond donors (Lipinski definition) is 1. The monoisotopic (exact) mass is 185 g/mol. The number of rotatable bonds is 6.